The molecular weight excluding hydrogens is 510 g/mol. The number of hydrogen-bond acceptors (Lipinski definition) is 6. The first-order valence-corrected chi connectivity index (χ1v) is 13.3. The number of carbonyl (C=O) groups is 1. The van der Waals surface area contributed by atoms with Crippen LogP contribution in [0.1, 0.15) is 22.8 Å². The van der Waals surface area contributed by atoms with Crippen molar-refractivity contribution in [1.82, 2.24) is 15.1 Å². The van der Waals surface area contributed by atoms with E-state index in [2.05, 4.69) is 23.7 Å². The van der Waals surface area contributed by atoms with Crippen molar-refractivity contribution in [3.05, 3.63) is 76.1 Å². The second-order valence-electron chi connectivity index (χ2n) is 8.34. The number of hydrogen-bond donors (Lipinski definition) is 1. The van der Waals surface area contributed by atoms with E-state index in [0.29, 0.717) is 60.8 Å². The van der Waals surface area contributed by atoms with E-state index >= 15 is 0 Å². The Hall–Kier alpha value is -3.33. The van der Waals surface area contributed by atoms with Gasteiger partial charge >= 0.3 is 0 Å². The number of halogens is 1. The minimum atomic E-state index is -0.158. The highest BCUT2D eigenvalue weighted by molar-refractivity contribution is 7.13. The Labute approximate surface area is 225 Å². The van der Waals surface area contributed by atoms with Gasteiger partial charge in [-0.1, -0.05) is 23.7 Å². The molecule has 2 aromatic carbocycles. The molecule has 0 fully saturated rings. The van der Waals surface area contributed by atoms with Crippen molar-refractivity contribution >= 4 is 28.8 Å². The summed E-state index contributed by atoms with van der Waals surface area (Å²) < 4.78 is 18.5. The molecule has 0 aliphatic rings. The van der Waals surface area contributed by atoms with Crippen molar-refractivity contribution in [2.45, 2.75) is 20.4 Å². The van der Waals surface area contributed by atoms with Crippen LogP contribution >= 0.6 is 22.9 Å². The van der Waals surface area contributed by atoms with Crippen LogP contribution in [0.2, 0.25) is 5.02 Å². The summed E-state index contributed by atoms with van der Waals surface area (Å²) >= 11 is 8.20. The van der Waals surface area contributed by atoms with E-state index in [4.69, 9.17) is 30.9 Å². The maximum Gasteiger partial charge on any atom is 0.251 e. The number of aryl methyl sites for hydroxylation is 1. The zero-order valence-electron chi connectivity index (χ0n) is 21.1. The van der Waals surface area contributed by atoms with Gasteiger partial charge < -0.3 is 19.5 Å². The van der Waals surface area contributed by atoms with Crippen LogP contribution in [-0.4, -0.2) is 49.2 Å². The minimum Gasteiger partial charge on any atom is -0.490 e. The predicted molar refractivity (Wildman–Crippen MR) is 148 cm³/mol. The van der Waals surface area contributed by atoms with E-state index in [0.717, 1.165) is 11.1 Å². The highest BCUT2D eigenvalue weighted by Crippen LogP contribution is 2.33. The minimum absolute atomic E-state index is 0.158. The summed E-state index contributed by atoms with van der Waals surface area (Å²) in [5, 5.41) is 10.2. The standard InChI is InChI=1S/C28H30ClN3O4S/c1-4-35-27-17-24(20-6-5-7-22(15-20)28(33)30-10-12-34-3)31-32(27)11-13-36-25-9-8-21(16-23(25)29)26-14-19(2)18-37-26/h5-9,14-18H,4,10-13H2,1-3H3,(H,30,33). The number of benzene rings is 2. The summed E-state index contributed by atoms with van der Waals surface area (Å²) in [5.41, 5.74) is 4.39. The summed E-state index contributed by atoms with van der Waals surface area (Å²) in [6.07, 6.45) is 0. The van der Waals surface area contributed by atoms with Gasteiger partial charge in [0.05, 0.1) is 30.5 Å². The topological polar surface area (TPSA) is 74.6 Å². The van der Waals surface area contributed by atoms with Gasteiger partial charge in [-0.05, 0) is 66.8 Å². The molecular formula is C28H30ClN3O4S. The Balaban J connectivity index is 1.44. The average molecular weight is 540 g/mol. The quantitative estimate of drug-likeness (QED) is 0.220. The molecule has 1 N–H and O–H groups in total. The molecule has 1 amide bonds. The molecule has 0 spiro atoms. The predicted octanol–water partition coefficient (Wildman–Crippen LogP) is 6.09. The summed E-state index contributed by atoms with van der Waals surface area (Å²) in [6, 6.07) is 17.2. The fourth-order valence-electron chi connectivity index (χ4n) is 3.75. The molecule has 4 aromatic rings. The van der Waals surface area contributed by atoms with Crippen LogP contribution in [0.3, 0.4) is 0 Å². The van der Waals surface area contributed by atoms with Crippen molar-refractivity contribution < 1.29 is 19.0 Å². The molecule has 0 aliphatic heterocycles. The van der Waals surface area contributed by atoms with Gasteiger partial charge in [0.25, 0.3) is 5.91 Å². The largest absolute Gasteiger partial charge is 0.490 e. The Morgan fingerprint density at radius 2 is 1.95 bits per heavy atom. The first kappa shape index (κ1) is 26.7. The molecule has 194 valence electrons. The Morgan fingerprint density at radius 1 is 1.08 bits per heavy atom. The van der Waals surface area contributed by atoms with E-state index in [1.54, 1.807) is 29.2 Å². The zero-order chi connectivity index (χ0) is 26.2. The number of methoxy groups -OCH3 is 1. The molecule has 2 aromatic heterocycles. The Kier molecular flexibility index (Phi) is 9.22. The van der Waals surface area contributed by atoms with E-state index in [1.807, 2.05) is 49.4 Å². The van der Waals surface area contributed by atoms with Crippen LogP contribution in [0.4, 0.5) is 0 Å². The number of carbonyl (C=O) groups excluding carboxylic acids is 1. The number of nitrogens with one attached hydrogen (secondary N) is 1. The third kappa shape index (κ3) is 6.91. The van der Waals surface area contributed by atoms with E-state index < -0.39 is 0 Å². The van der Waals surface area contributed by atoms with Gasteiger partial charge in [0, 0.05) is 35.7 Å². The summed E-state index contributed by atoms with van der Waals surface area (Å²) in [4.78, 5) is 13.6. The smallest absolute Gasteiger partial charge is 0.251 e. The van der Waals surface area contributed by atoms with E-state index in [9.17, 15) is 4.79 Å². The molecule has 0 unspecified atom stereocenters. The maximum atomic E-state index is 12.4. The molecule has 37 heavy (non-hydrogen) atoms. The third-order valence-corrected chi connectivity index (χ3v) is 6.95. The molecule has 0 atom stereocenters. The number of amides is 1. The van der Waals surface area contributed by atoms with E-state index in [1.165, 1.54) is 10.4 Å². The fourth-order valence-corrected chi connectivity index (χ4v) is 4.88. The van der Waals surface area contributed by atoms with Gasteiger partial charge in [0.1, 0.15) is 12.4 Å². The van der Waals surface area contributed by atoms with Crippen molar-refractivity contribution in [2.24, 2.45) is 0 Å². The van der Waals surface area contributed by atoms with Crippen LogP contribution in [-0.2, 0) is 11.3 Å². The highest BCUT2D eigenvalue weighted by Gasteiger charge is 2.14. The normalized spacial score (nSPS) is 10.9. The van der Waals surface area contributed by atoms with Gasteiger partial charge in [-0.15, -0.1) is 11.3 Å². The summed E-state index contributed by atoms with van der Waals surface area (Å²) in [7, 11) is 1.60. The molecule has 7 nitrogen and oxygen atoms in total. The lowest BCUT2D eigenvalue weighted by molar-refractivity contribution is 0.0937. The number of nitrogens with zero attached hydrogens (tertiary/aromatic N) is 2. The number of thiophene rings is 1. The van der Waals surface area contributed by atoms with Crippen LogP contribution in [0.25, 0.3) is 21.7 Å². The van der Waals surface area contributed by atoms with Crippen molar-refractivity contribution in [3.63, 3.8) is 0 Å². The molecule has 2 heterocycles. The monoisotopic (exact) mass is 539 g/mol. The lowest BCUT2D eigenvalue weighted by Gasteiger charge is -2.11. The van der Waals surface area contributed by atoms with Crippen molar-refractivity contribution in [3.8, 4) is 33.3 Å². The van der Waals surface area contributed by atoms with Crippen molar-refractivity contribution in [1.29, 1.82) is 0 Å². The van der Waals surface area contributed by atoms with Crippen molar-refractivity contribution in [2.75, 3.05) is 33.5 Å². The highest BCUT2D eigenvalue weighted by atomic mass is 35.5. The van der Waals surface area contributed by atoms with Crippen LogP contribution in [0, 0.1) is 6.92 Å². The first-order valence-electron chi connectivity index (χ1n) is 12.0. The molecule has 0 aliphatic carbocycles. The Bertz CT molecular complexity index is 1350. The average Bonchev–Trinajstić information content (AvgIpc) is 3.51. The molecule has 0 bridgehead atoms. The van der Waals surface area contributed by atoms with Gasteiger partial charge in [-0.25, -0.2) is 4.68 Å². The van der Waals surface area contributed by atoms with Crippen LogP contribution in [0.5, 0.6) is 11.6 Å². The second-order valence-corrected chi connectivity index (χ2v) is 9.65. The van der Waals surface area contributed by atoms with Crippen LogP contribution in [0.15, 0.2) is 60.0 Å². The maximum absolute atomic E-state index is 12.4. The number of rotatable bonds is 12. The summed E-state index contributed by atoms with van der Waals surface area (Å²) in [6.45, 7) is 6.24. The number of aromatic nitrogens is 2. The van der Waals surface area contributed by atoms with Gasteiger partial charge in [0.2, 0.25) is 5.88 Å². The molecule has 9 heteroatoms. The van der Waals surface area contributed by atoms with Gasteiger partial charge in [-0.2, -0.15) is 5.10 Å². The number of ether oxygens (including phenoxy) is 3. The lowest BCUT2D eigenvalue weighted by Crippen LogP contribution is -2.26. The zero-order valence-corrected chi connectivity index (χ0v) is 22.7. The molecule has 0 saturated carbocycles. The van der Waals surface area contributed by atoms with Crippen LogP contribution < -0.4 is 14.8 Å². The molecule has 0 saturated heterocycles. The first-order chi connectivity index (χ1) is 18.0. The van der Waals surface area contributed by atoms with Gasteiger partial charge in [-0.3, -0.25) is 4.79 Å². The molecule has 4 rings (SSSR count). The fraction of sp³-hybridized carbons (Fsp3) is 0.286. The summed E-state index contributed by atoms with van der Waals surface area (Å²) in [5.74, 6) is 1.09. The SMILES string of the molecule is CCOc1cc(-c2cccc(C(=O)NCCOC)c2)nn1CCOc1ccc(-c2cc(C)cs2)cc1Cl. The third-order valence-electron chi connectivity index (χ3n) is 5.56. The van der Waals surface area contributed by atoms with Gasteiger partial charge in [0.15, 0.2) is 0 Å². The lowest BCUT2D eigenvalue weighted by atomic mass is 10.1. The molecule has 0 radical (unpaired) electrons. The Morgan fingerprint density at radius 3 is 2.68 bits per heavy atom. The van der Waals surface area contributed by atoms with E-state index in [-0.39, 0.29) is 5.91 Å². The second kappa shape index (κ2) is 12.8.